The molecule has 1 aliphatic rings. The number of rotatable bonds is 6. The second-order valence-corrected chi connectivity index (χ2v) is 4.76. The number of hydrogen-bond donors (Lipinski definition) is 1. The van der Waals surface area contributed by atoms with Crippen molar-refractivity contribution in [2.75, 3.05) is 18.5 Å². The molecule has 1 saturated carbocycles. The Hall–Kier alpha value is -1.16. The molecule has 1 fully saturated rings. The van der Waals surface area contributed by atoms with Gasteiger partial charge in [-0.25, -0.2) is 9.97 Å². The van der Waals surface area contributed by atoms with Crippen molar-refractivity contribution in [3.8, 4) is 0 Å². The summed E-state index contributed by atoms with van der Waals surface area (Å²) in [6.07, 6.45) is 8.91. The molecule has 1 heterocycles. The van der Waals surface area contributed by atoms with E-state index >= 15 is 0 Å². The van der Waals surface area contributed by atoms with Crippen LogP contribution in [0, 0.1) is 0 Å². The minimum atomic E-state index is 0.652. The molecule has 1 aromatic heterocycles. The lowest BCUT2D eigenvalue weighted by Crippen LogP contribution is -2.38. The number of nitrogens with zero attached hydrogens (tertiary/aromatic N) is 3. The van der Waals surface area contributed by atoms with Crippen LogP contribution in [-0.4, -0.2) is 29.6 Å². The first kappa shape index (κ1) is 12.3. The normalized spacial score (nSPS) is 15.6. The molecule has 17 heavy (non-hydrogen) atoms. The predicted molar refractivity (Wildman–Crippen MR) is 70.1 cm³/mol. The molecular weight excluding hydrogens is 212 g/mol. The zero-order chi connectivity index (χ0) is 12.1. The lowest BCUT2D eigenvalue weighted by atomic mass is 9.92. The van der Waals surface area contributed by atoms with E-state index < -0.39 is 0 Å². The summed E-state index contributed by atoms with van der Waals surface area (Å²) in [5.41, 5.74) is 1.16. The first-order chi connectivity index (χ1) is 8.31. The Morgan fingerprint density at radius 2 is 2.06 bits per heavy atom. The van der Waals surface area contributed by atoms with Gasteiger partial charge in [-0.1, -0.05) is 6.92 Å². The maximum atomic E-state index is 4.44. The SMILES string of the molecule is CCCNCc1cnc(N(C)C2CCC2)nc1. The van der Waals surface area contributed by atoms with E-state index in [2.05, 4.69) is 34.2 Å². The van der Waals surface area contributed by atoms with Crippen molar-refractivity contribution >= 4 is 5.95 Å². The molecule has 0 aromatic carbocycles. The van der Waals surface area contributed by atoms with Crippen molar-refractivity contribution in [2.24, 2.45) is 0 Å². The second kappa shape index (κ2) is 5.96. The molecule has 0 saturated heterocycles. The van der Waals surface area contributed by atoms with E-state index in [0.29, 0.717) is 6.04 Å². The van der Waals surface area contributed by atoms with Crippen molar-refractivity contribution in [1.82, 2.24) is 15.3 Å². The standard InChI is InChI=1S/C13H22N4/c1-3-7-14-8-11-9-15-13(16-10-11)17(2)12-5-4-6-12/h9-10,12,14H,3-8H2,1-2H3. The van der Waals surface area contributed by atoms with Crippen LogP contribution in [-0.2, 0) is 6.54 Å². The van der Waals surface area contributed by atoms with E-state index in [-0.39, 0.29) is 0 Å². The van der Waals surface area contributed by atoms with Gasteiger partial charge >= 0.3 is 0 Å². The Balaban J connectivity index is 1.88. The van der Waals surface area contributed by atoms with Crippen LogP contribution in [0.2, 0.25) is 0 Å². The Labute approximate surface area is 103 Å². The first-order valence-electron chi connectivity index (χ1n) is 6.55. The van der Waals surface area contributed by atoms with Gasteiger partial charge in [0.15, 0.2) is 0 Å². The highest BCUT2D eigenvalue weighted by molar-refractivity contribution is 5.31. The summed E-state index contributed by atoms with van der Waals surface area (Å²) in [6, 6.07) is 0.652. The Morgan fingerprint density at radius 1 is 1.35 bits per heavy atom. The minimum Gasteiger partial charge on any atom is -0.341 e. The van der Waals surface area contributed by atoms with Crippen LogP contribution >= 0.6 is 0 Å². The van der Waals surface area contributed by atoms with Crippen LogP contribution in [0.3, 0.4) is 0 Å². The molecule has 2 rings (SSSR count). The molecule has 4 nitrogen and oxygen atoms in total. The smallest absolute Gasteiger partial charge is 0.225 e. The van der Waals surface area contributed by atoms with Gasteiger partial charge in [-0.05, 0) is 32.2 Å². The molecule has 0 aliphatic heterocycles. The molecule has 1 N–H and O–H groups in total. The van der Waals surface area contributed by atoms with E-state index in [1.165, 1.54) is 19.3 Å². The third-order valence-corrected chi connectivity index (χ3v) is 3.39. The summed E-state index contributed by atoms with van der Waals surface area (Å²) in [7, 11) is 2.09. The summed E-state index contributed by atoms with van der Waals surface area (Å²) in [4.78, 5) is 11.1. The lowest BCUT2D eigenvalue weighted by Gasteiger charge is -2.34. The monoisotopic (exact) mass is 234 g/mol. The van der Waals surface area contributed by atoms with Crippen LogP contribution in [0.5, 0.6) is 0 Å². The maximum absolute atomic E-state index is 4.44. The summed E-state index contributed by atoms with van der Waals surface area (Å²) in [5.74, 6) is 0.856. The van der Waals surface area contributed by atoms with Crippen LogP contribution < -0.4 is 10.2 Å². The lowest BCUT2D eigenvalue weighted by molar-refractivity contribution is 0.397. The summed E-state index contributed by atoms with van der Waals surface area (Å²) in [6.45, 7) is 4.07. The van der Waals surface area contributed by atoms with Crippen LogP contribution in [0.1, 0.15) is 38.2 Å². The third kappa shape index (κ3) is 3.16. The van der Waals surface area contributed by atoms with Crippen molar-refractivity contribution in [2.45, 2.75) is 45.2 Å². The number of nitrogens with one attached hydrogen (secondary N) is 1. The van der Waals surface area contributed by atoms with Gasteiger partial charge in [-0.2, -0.15) is 0 Å². The molecule has 1 aromatic rings. The highest BCUT2D eigenvalue weighted by atomic mass is 15.3. The molecule has 0 amide bonds. The van der Waals surface area contributed by atoms with Crippen molar-refractivity contribution in [3.05, 3.63) is 18.0 Å². The number of aromatic nitrogens is 2. The van der Waals surface area contributed by atoms with Gasteiger partial charge in [-0.3, -0.25) is 0 Å². The molecule has 0 atom stereocenters. The average molecular weight is 234 g/mol. The summed E-state index contributed by atoms with van der Waals surface area (Å²) in [5, 5.41) is 3.35. The fourth-order valence-corrected chi connectivity index (χ4v) is 1.97. The molecule has 0 spiro atoms. The molecule has 94 valence electrons. The van der Waals surface area contributed by atoms with Gasteiger partial charge in [0.25, 0.3) is 0 Å². The van der Waals surface area contributed by atoms with Gasteiger partial charge in [-0.15, -0.1) is 0 Å². The van der Waals surface area contributed by atoms with Crippen LogP contribution in [0.15, 0.2) is 12.4 Å². The van der Waals surface area contributed by atoms with Gasteiger partial charge < -0.3 is 10.2 Å². The zero-order valence-electron chi connectivity index (χ0n) is 10.8. The van der Waals surface area contributed by atoms with E-state index in [0.717, 1.165) is 31.0 Å². The van der Waals surface area contributed by atoms with E-state index in [1.54, 1.807) is 0 Å². The first-order valence-corrected chi connectivity index (χ1v) is 6.55. The molecule has 0 bridgehead atoms. The summed E-state index contributed by atoms with van der Waals surface area (Å²) < 4.78 is 0. The topological polar surface area (TPSA) is 41.1 Å². The van der Waals surface area contributed by atoms with Gasteiger partial charge in [0.05, 0.1) is 0 Å². The van der Waals surface area contributed by atoms with Crippen LogP contribution in [0.4, 0.5) is 5.95 Å². The van der Waals surface area contributed by atoms with Gasteiger partial charge in [0, 0.05) is 37.6 Å². The van der Waals surface area contributed by atoms with Crippen molar-refractivity contribution in [1.29, 1.82) is 0 Å². The second-order valence-electron chi connectivity index (χ2n) is 4.76. The average Bonchev–Trinajstić information content (AvgIpc) is 2.28. The minimum absolute atomic E-state index is 0.652. The van der Waals surface area contributed by atoms with Gasteiger partial charge in [0.1, 0.15) is 0 Å². The van der Waals surface area contributed by atoms with Gasteiger partial charge in [0.2, 0.25) is 5.95 Å². The fraction of sp³-hybridized carbons (Fsp3) is 0.692. The third-order valence-electron chi connectivity index (χ3n) is 3.39. The maximum Gasteiger partial charge on any atom is 0.225 e. The van der Waals surface area contributed by atoms with Crippen molar-refractivity contribution < 1.29 is 0 Å². The Kier molecular flexibility index (Phi) is 4.31. The van der Waals surface area contributed by atoms with E-state index in [4.69, 9.17) is 0 Å². The van der Waals surface area contributed by atoms with Crippen molar-refractivity contribution in [3.63, 3.8) is 0 Å². The fourth-order valence-electron chi connectivity index (χ4n) is 1.97. The quantitative estimate of drug-likeness (QED) is 0.764. The summed E-state index contributed by atoms with van der Waals surface area (Å²) >= 11 is 0. The predicted octanol–water partition coefficient (Wildman–Crippen LogP) is 1.96. The molecule has 4 heteroatoms. The molecule has 0 radical (unpaired) electrons. The highest BCUT2D eigenvalue weighted by Crippen LogP contribution is 2.25. The zero-order valence-corrected chi connectivity index (χ0v) is 10.8. The molecule has 0 unspecified atom stereocenters. The number of hydrogen-bond acceptors (Lipinski definition) is 4. The van der Waals surface area contributed by atoms with E-state index in [9.17, 15) is 0 Å². The van der Waals surface area contributed by atoms with Crippen LogP contribution in [0.25, 0.3) is 0 Å². The largest absolute Gasteiger partial charge is 0.341 e. The Bertz CT molecular complexity index is 332. The molecule has 1 aliphatic carbocycles. The number of anilines is 1. The molecular formula is C13H22N4. The van der Waals surface area contributed by atoms with E-state index in [1.807, 2.05) is 12.4 Å². The Morgan fingerprint density at radius 3 is 2.59 bits per heavy atom. The highest BCUT2D eigenvalue weighted by Gasteiger charge is 2.23.